The second kappa shape index (κ2) is 8.29. The first-order chi connectivity index (χ1) is 9.84. The Labute approximate surface area is 131 Å². The molecule has 1 aromatic rings. The van der Waals surface area contributed by atoms with Gasteiger partial charge in [-0.25, -0.2) is 4.79 Å². The summed E-state index contributed by atoms with van der Waals surface area (Å²) in [5, 5.41) is 15.5. The van der Waals surface area contributed by atoms with Crippen molar-refractivity contribution < 1.29 is 9.90 Å². The summed E-state index contributed by atoms with van der Waals surface area (Å²) in [4.78, 5) is 11.7. The van der Waals surface area contributed by atoms with Gasteiger partial charge in [-0.15, -0.1) is 0 Å². The Morgan fingerprint density at radius 1 is 1.33 bits per heavy atom. The largest absolute Gasteiger partial charge is 0.387 e. The van der Waals surface area contributed by atoms with Crippen LogP contribution in [0.25, 0.3) is 0 Å². The number of aryl methyl sites for hydroxylation is 2. The van der Waals surface area contributed by atoms with Gasteiger partial charge < -0.3 is 15.7 Å². The van der Waals surface area contributed by atoms with Crippen molar-refractivity contribution in [1.82, 2.24) is 10.6 Å². The summed E-state index contributed by atoms with van der Waals surface area (Å²) in [6.45, 7) is 6.72. The molecule has 0 radical (unpaired) electrons. The first kappa shape index (κ1) is 17.9. The molecule has 0 spiro atoms. The maximum Gasteiger partial charge on any atom is 0.314 e. The van der Waals surface area contributed by atoms with Gasteiger partial charge in [0, 0.05) is 18.8 Å². The van der Waals surface area contributed by atoms with E-state index in [-0.39, 0.29) is 12.6 Å². The summed E-state index contributed by atoms with van der Waals surface area (Å²) < 4.78 is 0. The van der Waals surface area contributed by atoms with Gasteiger partial charge in [0.25, 0.3) is 0 Å². The van der Waals surface area contributed by atoms with Gasteiger partial charge in [-0.1, -0.05) is 23.8 Å². The smallest absolute Gasteiger partial charge is 0.314 e. The van der Waals surface area contributed by atoms with Crippen LogP contribution < -0.4 is 10.6 Å². The number of hydrogen-bond donors (Lipinski definition) is 3. The number of nitrogens with one attached hydrogen (secondary N) is 2. The van der Waals surface area contributed by atoms with Crippen molar-refractivity contribution in [1.29, 1.82) is 0 Å². The number of thioether (sulfide) groups is 1. The van der Waals surface area contributed by atoms with Crippen LogP contribution >= 0.6 is 11.8 Å². The highest BCUT2D eigenvalue weighted by Crippen LogP contribution is 2.11. The maximum absolute atomic E-state index is 11.7. The van der Waals surface area contributed by atoms with Gasteiger partial charge in [-0.2, -0.15) is 11.8 Å². The minimum absolute atomic E-state index is 0.235. The third-order valence-electron chi connectivity index (χ3n) is 3.26. The lowest BCUT2D eigenvalue weighted by atomic mass is 10.0. The molecule has 0 aliphatic carbocycles. The van der Waals surface area contributed by atoms with Gasteiger partial charge >= 0.3 is 6.03 Å². The van der Waals surface area contributed by atoms with Crippen LogP contribution in [-0.2, 0) is 6.42 Å². The van der Waals surface area contributed by atoms with Crippen molar-refractivity contribution in [3.05, 3.63) is 34.9 Å². The van der Waals surface area contributed by atoms with E-state index < -0.39 is 5.60 Å². The fourth-order valence-corrected chi connectivity index (χ4v) is 2.86. The van der Waals surface area contributed by atoms with Crippen molar-refractivity contribution in [2.75, 3.05) is 25.1 Å². The third kappa shape index (κ3) is 6.87. The maximum atomic E-state index is 11.7. The Morgan fingerprint density at radius 2 is 2.05 bits per heavy atom. The minimum Gasteiger partial charge on any atom is -0.387 e. The van der Waals surface area contributed by atoms with E-state index in [9.17, 15) is 9.90 Å². The summed E-state index contributed by atoms with van der Waals surface area (Å²) in [6, 6.07) is 6.10. The summed E-state index contributed by atoms with van der Waals surface area (Å²) in [5.41, 5.74) is 2.87. The molecule has 0 aromatic heterocycles. The summed E-state index contributed by atoms with van der Waals surface area (Å²) >= 11 is 1.56. The monoisotopic (exact) mass is 310 g/mol. The standard InChI is InChI=1S/C16H26N2O2S/c1-12-5-6-14(13(2)9-12)7-8-17-15(19)18-10-16(3,20)11-21-4/h5-6,9,20H,7-8,10-11H2,1-4H3,(H2,17,18,19). The highest BCUT2D eigenvalue weighted by atomic mass is 32.2. The molecule has 0 bridgehead atoms. The molecule has 0 saturated carbocycles. The van der Waals surface area contributed by atoms with Crippen LogP contribution in [0.4, 0.5) is 4.79 Å². The van der Waals surface area contributed by atoms with Crippen molar-refractivity contribution in [3.63, 3.8) is 0 Å². The lowest BCUT2D eigenvalue weighted by molar-refractivity contribution is 0.0869. The van der Waals surface area contributed by atoms with E-state index in [2.05, 4.69) is 42.7 Å². The van der Waals surface area contributed by atoms with Crippen LogP contribution in [0.3, 0.4) is 0 Å². The number of benzene rings is 1. The molecule has 118 valence electrons. The molecular weight excluding hydrogens is 284 g/mol. The second-order valence-corrected chi connectivity index (χ2v) is 6.59. The van der Waals surface area contributed by atoms with E-state index in [4.69, 9.17) is 0 Å². The van der Waals surface area contributed by atoms with Crippen molar-refractivity contribution in [3.8, 4) is 0 Å². The summed E-state index contributed by atoms with van der Waals surface area (Å²) in [7, 11) is 0. The lowest BCUT2D eigenvalue weighted by Gasteiger charge is -2.22. The highest BCUT2D eigenvalue weighted by molar-refractivity contribution is 7.98. The number of carbonyl (C=O) groups is 1. The van der Waals surface area contributed by atoms with Crippen molar-refractivity contribution in [2.24, 2.45) is 0 Å². The topological polar surface area (TPSA) is 61.4 Å². The molecule has 3 N–H and O–H groups in total. The zero-order valence-corrected chi connectivity index (χ0v) is 14.1. The lowest BCUT2D eigenvalue weighted by Crippen LogP contribution is -2.46. The molecule has 0 aliphatic rings. The molecule has 4 nitrogen and oxygen atoms in total. The average molecular weight is 310 g/mol. The third-order valence-corrected chi connectivity index (χ3v) is 4.17. The molecule has 0 saturated heterocycles. The Bertz CT molecular complexity index is 475. The highest BCUT2D eigenvalue weighted by Gasteiger charge is 2.20. The Kier molecular flexibility index (Phi) is 7.05. The van der Waals surface area contributed by atoms with Gasteiger partial charge in [0.05, 0.1) is 5.60 Å². The number of hydrogen-bond acceptors (Lipinski definition) is 3. The fraction of sp³-hybridized carbons (Fsp3) is 0.562. The zero-order chi connectivity index (χ0) is 15.9. The van der Waals surface area contributed by atoms with E-state index in [1.807, 2.05) is 6.26 Å². The molecule has 0 fully saturated rings. The first-order valence-corrected chi connectivity index (χ1v) is 8.52. The van der Waals surface area contributed by atoms with Crippen LogP contribution in [0.15, 0.2) is 18.2 Å². The Balaban J connectivity index is 2.30. The molecule has 21 heavy (non-hydrogen) atoms. The van der Waals surface area contributed by atoms with E-state index in [1.165, 1.54) is 16.7 Å². The number of urea groups is 1. The summed E-state index contributed by atoms with van der Waals surface area (Å²) in [6.07, 6.45) is 2.74. The van der Waals surface area contributed by atoms with Gasteiger partial charge in [0.1, 0.15) is 0 Å². The van der Waals surface area contributed by atoms with Gasteiger partial charge in [-0.05, 0) is 44.6 Å². The molecule has 1 atom stereocenters. The molecule has 5 heteroatoms. The Hall–Kier alpha value is -1.20. The SMILES string of the molecule is CSCC(C)(O)CNC(=O)NCCc1ccc(C)cc1C. The molecule has 1 unspecified atom stereocenters. The average Bonchev–Trinajstić information content (AvgIpc) is 2.39. The Morgan fingerprint density at radius 3 is 2.67 bits per heavy atom. The van der Waals surface area contributed by atoms with Crippen LogP contribution in [0.5, 0.6) is 0 Å². The van der Waals surface area contributed by atoms with E-state index in [0.29, 0.717) is 12.3 Å². The zero-order valence-electron chi connectivity index (χ0n) is 13.3. The molecule has 1 rings (SSSR count). The van der Waals surface area contributed by atoms with Gasteiger partial charge in [-0.3, -0.25) is 0 Å². The number of carbonyl (C=O) groups excluding carboxylic acids is 1. The van der Waals surface area contributed by atoms with Crippen LogP contribution in [0.1, 0.15) is 23.6 Å². The van der Waals surface area contributed by atoms with E-state index in [0.717, 1.165) is 6.42 Å². The van der Waals surface area contributed by atoms with Crippen LogP contribution in [0, 0.1) is 13.8 Å². The van der Waals surface area contributed by atoms with Crippen LogP contribution in [0.2, 0.25) is 0 Å². The minimum atomic E-state index is -0.871. The summed E-state index contributed by atoms with van der Waals surface area (Å²) in [5.74, 6) is 0.593. The van der Waals surface area contributed by atoms with Gasteiger partial charge in [0.15, 0.2) is 0 Å². The fourth-order valence-electron chi connectivity index (χ4n) is 2.13. The predicted molar refractivity (Wildman–Crippen MR) is 90.0 cm³/mol. The molecule has 2 amide bonds. The molecular formula is C16H26N2O2S. The second-order valence-electron chi connectivity index (χ2n) is 5.72. The predicted octanol–water partition coefficient (Wildman–Crippen LogP) is 2.26. The molecule has 0 heterocycles. The first-order valence-electron chi connectivity index (χ1n) is 7.13. The van der Waals surface area contributed by atoms with E-state index in [1.54, 1.807) is 18.7 Å². The van der Waals surface area contributed by atoms with Crippen LogP contribution in [-0.4, -0.2) is 41.8 Å². The number of amides is 2. The van der Waals surface area contributed by atoms with Crippen molar-refractivity contribution in [2.45, 2.75) is 32.8 Å². The van der Waals surface area contributed by atoms with Crippen molar-refractivity contribution >= 4 is 17.8 Å². The number of aliphatic hydroxyl groups is 1. The van der Waals surface area contributed by atoms with Gasteiger partial charge in [0.2, 0.25) is 0 Å². The number of rotatable bonds is 7. The van der Waals surface area contributed by atoms with E-state index >= 15 is 0 Å². The quantitative estimate of drug-likeness (QED) is 0.724. The normalized spacial score (nSPS) is 13.6. The molecule has 1 aromatic carbocycles. The molecule has 0 aliphatic heterocycles.